The third kappa shape index (κ3) is 10.7. The standard InChI is InChI=1S/C28H32Cl2N6O2S.CH4O3S/c1-35-25-9-4-19(28(38)33-20-5-7-22(8-6-20)36(13-11-29)14-12-30)16-23(25)34-27(35)24-17-21(18-31-24)32-26(37)10-15-39(2)3;1-5(2,3)4/h4-9,16-18H,10-15H2,1-3H3,(H2-,31,32,33,34,37,38);1H3,(H,2,3,4). The number of aryl methyl sites for hydroxylation is 1. The summed E-state index contributed by atoms with van der Waals surface area (Å²) < 4.78 is 29.2. The van der Waals surface area contributed by atoms with E-state index in [0.29, 0.717) is 65.8 Å². The number of halogens is 2. The first kappa shape index (κ1) is 35.3. The highest BCUT2D eigenvalue weighted by atomic mass is 35.5. The molecule has 0 saturated heterocycles. The Balaban J connectivity index is 0.000000978. The van der Waals surface area contributed by atoms with E-state index in [1.54, 1.807) is 18.3 Å². The second-order valence-corrected chi connectivity index (χ2v) is 14.6. The molecule has 0 spiro atoms. The Morgan fingerprint density at radius 3 is 2.25 bits per heavy atom. The summed E-state index contributed by atoms with van der Waals surface area (Å²) in [6.45, 7) is 1.39. The Hall–Kier alpha value is -3.23. The maximum absolute atomic E-state index is 13.0. The lowest BCUT2D eigenvalue weighted by Crippen LogP contribution is -2.27. The van der Waals surface area contributed by atoms with Crippen LogP contribution in [0.1, 0.15) is 16.8 Å². The molecular weight excluding hydrogens is 647 g/mol. The zero-order chi connectivity index (χ0) is 32.4. The van der Waals surface area contributed by atoms with Crippen molar-refractivity contribution in [3.05, 3.63) is 60.3 Å². The minimum Gasteiger partial charge on any atom is -0.748 e. The Kier molecular flexibility index (Phi) is 13.0. The van der Waals surface area contributed by atoms with E-state index in [0.717, 1.165) is 22.7 Å². The maximum Gasteiger partial charge on any atom is 0.255 e. The van der Waals surface area contributed by atoms with Gasteiger partial charge in [0.1, 0.15) is 5.75 Å². The Morgan fingerprint density at radius 2 is 1.66 bits per heavy atom. The van der Waals surface area contributed by atoms with Crippen LogP contribution in [0.15, 0.2) is 54.7 Å². The van der Waals surface area contributed by atoms with Crippen molar-refractivity contribution in [1.82, 2.24) is 14.5 Å². The number of alkyl halides is 2. The van der Waals surface area contributed by atoms with Gasteiger partial charge in [-0.25, -0.2) is 13.4 Å². The number of anilines is 3. The van der Waals surface area contributed by atoms with Crippen molar-refractivity contribution in [2.24, 2.45) is 7.05 Å². The van der Waals surface area contributed by atoms with Crippen molar-refractivity contribution in [2.75, 3.05) is 64.9 Å². The van der Waals surface area contributed by atoms with Gasteiger partial charge in [-0.2, -0.15) is 0 Å². The molecule has 2 aromatic heterocycles. The van der Waals surface area contributed by atoms with Gasteiger partial charge in [-0.3, -0.25) is 9.59 Å². The topological polar surface area (TPSA) is 152 Å². The number of carbonyl (C=O) groups excluding carboxylic acids is 2. The van der Waals surface area contributed by atoms with E-state index >= 15 is 0 Å². The van der Waals surface area contributed by atoms with E-state index in [9.17, 15) is 9.59 Å². The lowest BCUT2D eigenvalue weighted by Gasteiger charge is -2.23. The second kappa shape index (κ2) is 16.2. The lowest BCUT2D eigenvalue weighted by molar-refractivity contribution is -0.115. The fourth-order valence-electron chi connectivity index (χ4n) is 4.23. The third-order valence-electron chi connectivity index (χ3n) is 6.29. The van der Waals surface area contributed by atoms with E-state index in [-0.39, 0.29) is 22.7 Å². The van der Waals surface area contributed by atoms with Crippen LogP contribution in [0.3, 0.4) is 0 Å². The predicted octanol–water partition coefficient (Wildman–Crippen LogP) is 4.47. The van der Waals surface area contributed by atoms with Gasteiger partial charge >= 0.3 is 0 Å². The highest BCUT2D eigenvalue weighted by Gasteiger charge is 2.16. The second-order valence-electron chi connectivity index (χ2n) is 10.1. The molecule has 3 N–H and O–H groups in total. The molecule has 0 saturated carbocycles. The van der Waals surface area contributed by atoms with Gasteiger partial charge in [0.2, 0.25) is 5.91 Å². The quantitative estimate of drug-likeness (QED) is 0.113. The molecule has 0 aliphatic carbocycles. The van der Waals surface area contributed by atoms with E-state index in [1.165, 1.54) is 0 Å². The number of rotatable bonds is 12. The van der Waals surface area contributed by atoms with Crippen LogP contribution in [-0.4, -0.2) is 88.7 Å². The molecule has 0 unspecified atom stereocenters. The van der Waals surface area contributed by atoms with Crippen LogP contribution in [0.5, 0.6) is 0 Å². The van der Waals surface area contributed by atoms with E-state index in [2.05, 4.69) is 33.0 Å². The predicted molar refractivity (Wildman–Crippen MR) is 181 cm³/mol. The molecule has 0 aliphatic rings. The molecule has 11 nitrogen and oxygen atoms in total. The summed E-state index contributed by atoms with van der Waals surface area (Å²) in [5.41, 5.74) is 5.27. The van der Waals surface area contributed by atoms with Crippen LogP contribution in [0.4, 0.5) is 17.1 Å². The summed E-state index contributed by atoms with van der Waals surface area (Å²) in [6, 6.07) is 14.9. The summed E-state index contributed by atoms with van der Waals surface area (Å²) in [5.74, 6) is 2.38. The summed E-state index contributed by atoms with van der Waals surface area (Å²) in [5, 5.41) is 5.89. The number of hydrogen-bond acceptors (Lipinski definition) is 7. The molecule has 4 rings (SSSR count). The number of hydrogen-bond donors (Lipinski definition) is 3. The van der Waals surface area contributed by atoms with Crippen molar-refractivity contribution < 1.29 is 22.6 Å². The third-order valence-corrected chi connectivity index (χ3v) is 7.65. The molecule has 0 fully saturated rings. The monoisotopic (exact) mass is 682 g/mol. The Bertz CT molecular complexity index is 1660. The van der Waals surface area contributed by atoms with Crippen LogP contribution >= 0.6 is 23.2 Å². The largest absolute Gasteiger partial charge is 0.748 e. The highest BCUT2D eigenvalue weighted by Crippen LogP contribution is 2.26. The Labute approximate surface area is 270 Å². The van der Waals surface area contributed by atoms with Crippen LogP contribution in [0.2, 0.25) is 0 Å². The zero-order valence-electron chi connectivity index (χ0n) is 24.9. The average Bonchev–Trinajstić information content (AvgIpc) is 3.55. The summed E-state index contributed by atoms with van der Waals surface area (Å²) in [4.78, 5) is 35.3. The maximum atomic E-state index is 13.0. The van der Waals surface area contributed by atoms with Gasteiger partial charge in [0, 0.05) is 61.3 Å². The van der Waals surface area contributed by atoms with Crippen molar-refractivity contribution in [1.29, 1.82) is 0 Å². The van der Waals surface area contributed by atoms with E-state index < -0.39 is 10.1 Å². The number of nitrogens with zero attached hydrogens (tertiary/aromatic N) is 3. The van der Waals surface area contributed by atoms with Crippen molar-refractivity contribution in [2.45, 2.75) is 6.42 Å². The fourth-order valence-corrected chi connectivity index (χ4v) is 5.23. The Morgan fingerprint density at radius 1 is 1.02 bits per heavy atom. The number of carbonyl (C=O) groups is 2. The van der Waals surface area contributed by atoms with E-state index in [1.807, 2.05) is 48.0 Å². The van der Waals surface area contributed by atoms with Gasteiger partial charge in [0.15, 0.2) is 5.82 Å². The van der Waals surface area contributed by atoms with Gasteiger partial charge in [-0.05, 0) is 59.4 Å². The first-order valence-corrected chi connectivity index (χ1v) is 18.6. The normalized spacial score (nSPS) is 11.3. The smallest absolute Gasteiger partial charge is 0.255 e. The molecule has 2 aromatic carbocycles. The first-order chi connectivity index (χ1) is 20.8. The summed E-state index contributed by atoms with van der Waals surface area (Å²) >= 11 is 11.8. The first-order valence-electron chi connectivity index (χ1n) is 13.5. The van der Waals surface area contributed by atoms with E-state index in [4.69, 9.17) is 41.2 Å². The number of amides is 2. The highest BCUT2D eigenvalue weighted by molar-refractivity contribution is 7.95. The summed E-state index contributed by atoms with van der Waals surface area (Å²) in [6.07, 6.45) is 7.12. The van der Waals surface area contributed by atoms with Crippen LogP contribution in [-0.2, 0) is 32.9 Å². The molecule has 0 atom stereocenters. The number of imidazole rings is 1. The molecule has 0 aliphatic heterocycles. The van der Waals surface area contributed by atoms with Crippen LogP contribution in [0, 0.1) is 0 Å². The van der Waals surface area contributed by atoms with Gasteiger partial charge in [-0.1, -0.05) is 0 Å². The number of aromatic nitrogens is 3. The molecule has 4 aromatic rings. The summed E-state index contributed by atoms with van der Waals surface area (Å²) in [7, 11) is -1.77. The number of H-pyrrole nitrogens is 1. The molecule has 44 heavy (non-hydrogen) atoms. The number of aromatic amines is 1. The number of benzene rings is 2. The van der Waals surface area contributed by atoms with Crippen LogP contribution in [0.25, 0.3) is 22.6 Å². The van der Waals surface area contributed by atoms with Crippen molar-refractivity contribution in [3.8, 4) is 11.5 Å². The van der Waals surface area contributed by atoms with Crippen molar-refractivity contribution in [3.63, 3.8) is 0 Å². The number of nitrogens with one attached hydrogen (secondary N) is 3. The molecular formula is C29H36Cl2N6O5S2. The molecule has 2 heterocycles. The lowest BCUT2D eigenvalue weighted by atomic mass is 10.1. The van der Waals surface area contributed by atoms with Crippen LogP contribution < -0.4 is 15.5 Å². The SMILES string of the molecule is CS(=O)(=O)[O-].Cn1c(-c2cc(NC(=O)CC[S+](C)C)c[nH]2)nc2cc(C(=O)Nc3ccc(N(CCCl)CCCl)cc3)ccc21. The zero-order valence-corrected chi connectivity index (χ0v) is 28.0. The fraction of sp³-hybridized carbons (Fsp3) is 0.345. The van der Waals surface area contributed by atoms with Gasteiger partial charge < -0.3 is 29.6 Å². The minimum absolute atomic E-state index is 0.000101. The van der Waals surface area contributed by atoms with Gasteiger partial charge in [-0.15, -0.1) is 23.2 Å². The number of fused-ring (bicyclic) bond motifs is 1. The molecule has 15 heteroatoms. The molecule has 2 amide bonds. The minimum atomic E-state index is -3.92. The molecule has 0 bridgehead atoms. The van der Waals surface area contributed by atoms with Gasteiger partial charge in [0.05, 0.1) is 51.5 Å². The van der Waals surface area contributed by atoms with Gasteiger partial charge in [0.25, 0.3) is 5.91 Å². The molecule has 238 valence electrons. The van der Waals surface area contributed by atoms with Crippen molar-refractivity contribution >= 4 is 84.1 Å². The molecule has 0 radical (unpaired) electrons. The average molecular weight is 684 g/mol.